The van der Waals surface area contributed by atoms with Gasteiger partial charge in [-0.15, -0.1) is 11.3 Å². The van der Waals surface area contributed by atoms with Crippen LogP contribution in [0, 0.1) is 25.2 Å². The minimum atomic E-state index is -0.939. The minimum absolute atomic E-state index is 0.283. The minimum Gasteiger partial charge on any atom is -0.477 e. The molecule has 0 atom stereocenters. The zero-order valence-corrected chi connectivity index (χ0v) is 11.9. The molecule has 96 valence electrons. The highest BCUT2D eigenvalue weighted by Gasteiger charge is 2.13. The summed E-state index contributed by atoms with van der Waals surface area (Å²) < 4.78 is 0. The zero-order valence-electron chi connectivity index (χ0n) is 10.3. The number of aromatic carboxylic acids is 1. The number of hydrogen-bond donors (Lipinski definition) is 1. The summed E-state index contributed by atoms with van der Waals surface area (Å²) in [7, 11) is 0. The molecule has 2 aromatic rings. The van der Waals surface area contributed by atoms with Crippen LogP contribution in [-0.2, 0) is 0 Å². The number of aryl methyl sites for hydroxylation is 2. The predicted octanol–water partition coefficient (Wildman–Crippen LogP) is 3.48. The zero-order chi connectivity index (χ0) is 14.0. The summed E-state index contributed by atoms with van der Waals surface area (Å²) in [4.78, 5) is 16.3. The van der Waals surface area contributed by atoms with Crippen molar-refractivity contribution in [1.82, 2.24) is 4.98 Å². The number of carbonyl (C=O) groups is 1. The van der Waals surface area contributed by atoms with Crippen LogP contribution >= 0.6 is 23.1 Å². The molecule has 0 saturated carbocycles. The van der Waals surface area contributed by atoms with Gasteiger partial charge in [0.2, 0.25) is 0 Å². The lowest BCUT2D eigenvalue weighted by Gasteiger charge is -2.05. The topological polar surface area (TPSA) is 74.0 Å². The molecule has 0 aliphatic carbocycles. The monoisotopic (exact) mass is 290 g/mol. The molecule has 0 bridgehead atoms. The van der Waals surface area contributed by atoms with Gasteiger partial charge in [0, 0.05) is 16.0 Å². The Kier molecular flexibility index (Phi) is 3.88. The molecule has 1 N–H and O–H groups in total. The summed E-state index contributed by atoms with van der Waals surface area (Å²) >= 11 is 2.49. The largest absolute Gasteiger partial charge is 0.477 e. The van der Waals surface area contributed by atoms with Crippen LogP contribution in [0.25, 0.3) is 0 Å². The van der Waals surface area contributed by atoms with Crippen LogP contribution in [0.2, 0.25) is 0 Å². The molecule has 0 unspecified atom stereocenters. The van der Waals surface area contributed by atoms with Gasteiger partial charge in [-0.05, 0) is 31.5 Å². The van der Waals surface area contributed by atoms with E-state index in [-0.39, 0.29) is 4.88 Å². The van der Waals surface area contributed by atoms with Gasteiger partial charge in [0.25, 0.3) is 0 Å². The van der Waals surface area contributed by atoms with Gasteiger partial charge >= 0.3 is 5.97 Å². The first-order chi connectivity index (χ1) is 9.01. The number of nitrogens with zero attached hydrogens (tertiary/aromatic N) is 2. The molecule has 0 saturated heterocycles. The highest BCUT2D eigenvalue weighted by molar-refractivity contribution is 7.99. The molecule has 0 fully saturated rings. The normalized spacial score (nSPS) is 10.2. The highest BCUT2D eigenvalue weighted by Crippen LogP contribution is 2.33. The van der Waals surface area contributed by atoms with Gasteiger partial charge in [0.05, 0.1) is 5.56 Å². The van der Waals surface area contributed by atoms with E-state index in [9.17, 15) is 4.79 Å². The number of thiophene rings is 1. The van der Waals surface area contributed by atoms with E-state index in [0.717, 1.165) is 16.2 Å². The molecule has 0 aliphatic heterocycles. The maximum atomic E-state index is 10.8. The van der Waals surface area contributed by atoms with Crippen molar-refractivity contribution >= 4 is 29.1 Å². The second-order valence-corrected chi connectivity index (χ2v) is 5.90. The fraction of sp³-hybridized carbons (Fsp3) is 0.154. The van der Waals surface area contributed by atoms with Gasteiger partial charge in [0.15, 0.2) is 0 Å². The number of hydrogen-bond acceptors (Lipinski definition) is 5. The quantitative estimate of drug-likeness (QED) is 0.936. The molecule has 0 spiro atoms. The molecule has 19 heavy (non-hydrogen) atoms. The van der Waals surface area contributed by atoms with Crippen LogP contribution < -0.4 is 0 Å². The Labute approximate surface area is 118 Å². The Morgan fingerprint density at radius 3 is 2.79 bits per heavy atom. The molecule has 0 radical (unpaired) electrons. The first-order valence-corrected chi connectivity index (χ1v) is 7.09. The Morgan fingerprint density at radius 1 is 1.47 bits per heavy atom. The van der Waals surface area contributed by atoms with Crippen molar-refractivity contribution in [2.45, 2.75) is 23.8 Å². The predicted molar refractivity (Wildman–Crippen MR) is 73.8 cm³/mol. The smallest absolute Gasteiger partial charge is 0.345 e. The molecule has 0 aromatic carbocycles. The summed E-state index contributed by atoms with van der Waals surface area (Å²) in [5.74, 6) is -0.939. The second kappa shape index (κ2) is 5.43. The molecule has 2 aromatic heterocycles. The van der Waals surface area contributed by atoms with Crippen molar-refractivity contribution < 1.29 is 9.90 Å². The lowest BCUT2D eigenvalue weighted by molar-refractivity contribution is 0.0702. The number of pyridine rings is 1. The van der Waals surface area contributed by atoms with Crippen LogP contribution in [-0.4, -0.2) is 16.1 Å². The first-order valence-electron chi connectivity index (χ1n) is 5.39. The van der Waals surface area contributed by atoms with Crippen molar-refractivity contribution in [2.75, 3.05) is 0 Å². The third-order valence-corrected chi connectivity index (χ3v) is 4.45. The molecule has 2 rings (SSSR count). The second-order valence-electron chi connectivity index (χ2n) is 3.93. The van der Waals surface area contributed by atoms with Crippen molar-refractivity contribution in [1.29, 1.82) is 5.26 Å². The van der Waals surface area contributed by atoms with Crippen LogP contribution in [0.15, 0.2) is 27.4 Å². The lowest BCUT2D eigenvalue weighted by Crippen LogP contribution is -1.94. The molecule has 4 nitrogen and oxygen atoms in total. The van der Waals surface area contributed by atoms with Crippen molar-refractivity contribution in [3.05, 3.63) is 39.2 Å². The van der Waals surface area contributed by atoms with Gasteiger partial charge in [-0.1, -0.05) is 11.8 Å². The number of aromatic nitrogens is 1. The van der Waals surface area contributed by atoms with Gasteiger partial charge < -0.3 is 5.11 Å². The van der Waals surface area contributed by atoms with Gasteiger partial charge in [0.1, 0.15) is 16.0 Å². The van der Waals surface area contributed by atoms with E-state index in [2.05, 4.69) is 11.1 Å². The van der Waals surface area contributed by atoms with Crippen LogP contribution in [0.1, 0.15) is 26.5 Å². The average Bonchev–Trinajstić information content (AvgIpc) is 2.77. The molecule has 2 heterocycles. The molecule has 0 aliphatic rings. The molecule has 0 amide bonds. The summed E-state index contributed by atoms with van der Waals surface area (Å²) in [6.07, 6.45) is 0. The lowest BCUT2D eigenvalue weighted by atomic mass is 10.1. The van der Waals surface area contributed by atoms with E-state index in [1.807, 2.05) is 19.9 Å². The molecular weight excluding hydrogens is 280 g/mol. The Bertz CT molecular complexity index is 686. The number of nitriles is 1. The van der Waals surface area contributed by atoms with Gasteiger partial charge in [-0.25, -0.2) is 9.78 Å². The fourth-order valence-corrected chi connectivity index (χ4v) is 3.53. The van der Waals surface area contributed by atoms with Crippen molar-refractivity contribution in [3.63, 3.8) is 0 Å². The van der Waals surface area contributed by atoms with Crippen molar-refractivity contribution in [2.24, 2.45) is 0 Å². The maximum absolute atomic E-state index is 10.8. The summed E-state index contributed by atoms with van der Waals surface area (Å²) in [5, 5.41) is 20.4. The van der Waals surface area contributed by atoms with E-state index in [1.165, 1.54) is 23.1 Å². The molecular formula is C13H10N2O2S2. The standard InChI is InChI=1S/C13H10N2O2S2/c1-7-3-8(2)15-12(10(7)5-14)19-9-4-11(13(16)17)18-6-9/h3-4,6H,1-2H3,(H,16,17). The van der Waals surface area contributed by atoms with Gasteiger partial charge in [-0.2, -0.15) is 5.26 Å². The Balaban J connectivity index is 2.37. The molecule has 6 heteroatoms. The summed E-state index contributed by atoms with van der Waals surface area (Å²) in [6, 6.07) is 5.60. The van der Waals surface area contributed by atoms with E-state index < -0.39 is 5.97 Å². The summed E-state index contributed by atoms with van der Waals surface area (Å²) in [5.41, 5.74) is 2.26. The third-order valence-electron chi connectivity index (χ3n) is 2.42. The van der Waals surface area contributed by atoms with E-state index in [0.29, 0.717) is 10.6 Å². The third kappa shape index (κ3) is 2.95. The Hall–Kier alpha value is -1.84. The van der Waals surface area contributed by atoms with E-state index >= 15 is 0 Å². The van der Waals surface area contributed by atoms with Crippen LogP contribution in [0.4, 0.5) is 0 Å². The Morgan fingerprint density at radius 2 is 2.21 bits per heavy atom. The van der Waals surface area contributed by atoms with Crippen LogP contribution in [0.5, 0.6) is 0 Å². The number of carboxylic acids is 1. The average molecular weight is 290 g/mol. The fourth-order valence-electron chi connectivity index (χ4n) is 1.61. The maximum Gasteiger partial charge on any atom is 0.345 e. The SMILES string of the molecule is Cc1cc(C)c(C#N)c(Sc2csc(C(=O)O)c2)n1. The number of carboxylic acid groups (broad SMARTS) is 1. The number of rotatable bonds is 3. The van der Waals surface area contributed by atoms with Crippen LogP contribution in [0.3, 0.4) is 0 Å². The van der Waals surface area contributed by atoms with E-state index in [1.54, 1.807) is 11.4 Å². The van der Waals surface area contributed by atoms with Crippen molar-refractivity contribution in [3.8, 4) is 6.07 Å². The summed E-state index contributed by atoms with van der Waals surface area (Å²) in [6.45, 7) is 3.74. The highest BCUT2D eigenvalue weighted by atomic mass is 32.2. The van der Waals surface area contributed by atoms with E-state index in [4.69, 9.17) is 10.4 Å². The van der Waals surface area contributed by atoms with Gasteiger partial charge in [-0.3, -0.25) is 0 Å². The first kappa shape index (κ1) is 13.6.